The summed E-state index contributed by atoms with van der Waals surface area (Å²) < 4.78 is 6.07. The Hall–Kier alpha value is -1.30. The van der Waals surface area contributed by atoms with Crippen LogP contribution in [0.25, 0.3) is 6.08 Å². The molecule has 0 aromatic heterocycles. The molecule has 0 saturated heterocycles. The fraction of sp³-hybridized carbons (Fsp3) is 0.444. The van der Waals surface area contributed by atoms with Crippen LogP contribution in [0.4, 0.5) is 0 Å². The molecule has 1 aliphatic carbocycles. The molecule has 1 atom stereocenters. The quantitative estimate of drug-likeness (QED) is 0.606. The van der Waals surface area contributed by atoms with Gasteiger partial charge in [0.25, 0.3) is 0 Å². The van der Waals surface area contributed by atoms with Crippen LogP contribution in [0.15, 0.2) is 22.7 Å². The number of carbonyl (C=O) groups excluding carboxylic acids is 2. The molecule has 23 heavy (non-hydrogen) atoms. The van der Waals surface area contributed by atoms with E-state index in [1.807, 2.05) is 25.1 Å². The van der Waals surface area contributed by atoms with Crippen molar-refractivity contribution < 1.29 is 14.3 Å². The highest BCUT2D eigenvalue weighted by Crippen LogP contribution is 2.27. The number of aryl methyl sites for hydroxylation is 1. The first-order valence-electron chi connectivity index (χ1n) is 7.69. The van der Waals surface area contributed by atoms with Gasteiger partial charge in [-0.05, 0) is 54.1 Å². The second-order valence-corrected chi connectivity index (χ2v) is 6.32. The molecule has 0 fully saturated rings. The molecule has 1 N–H and O–H groups in total. The molecule has 4 nitrogen and oxygen atoms in total. The third-order valence-electron chi connectivity index (χ3n) is 3.66. The Morgan fingerprint density at radius 3 is 2.70 bits per heavy atom. The predicted octanol–water partition coefficient (Wildman–Crippen LogP) is 3.38. The van der Waals surface area contributed by atoms with Crippen LogP contribution in [-0.4, -0.2) is 38.9 Å². The number of Topliss-reactive ketones (excluding diaryl/α,β-unsaturated/α-hetero) is 1. The molecule has 0 spiro atoms. The van der Waals surface area contributed by atoms with E-state index >= 15 is 0 Å². The lowest BCUT2D eigenvalue weighted by Crippen LogP contribution is -2.25. The number of carbonyl (C=O) groups is 2. The average molecular weight is 382 g/mol. The highest BCUT2D eigenvalue weighted by atomic mass is 79.9. The molecule has 0 unspecified atom stereocenters. The van der Waals surface area contributed by atoms with Gasteiger partial charge in [-0.2, -0.15) is 0 Å². The lowest BCUT2D eigenvalue weighted by Gasteiger charge is -2.13. The maximum Gasteiger partial charge on any atom is 0.188 e. The zero-order valence-corrected chi connectivity index (χ0v) is 15.5. The Morgan fingerprint density at radius 1 is 1.43 bits per heavy atom. The second kappa shape index (κ2) is 10.5. The average Bonchev–Trinajstić information content (AvgIpc) is 2.57. The SMILES string of the molecule is CC[C@@H](C=O)NC.COCC(=O)c1ccc2c(c1)CCC(Br)=C2. The number of rotatable bonds is 6. The third-order valence-corrected chi connectivity index (χ3v) is 4.29. The molecule has 1 aliphatic rings. The van der Waals surface area contributed by atoms with Gasteiger partial charge < -0.3 is 14.8 Å². The van der Waals surface area contributed by atoms with Crippen molar-refractivity contribution in [2.45, 2.75) is 32.2 Å². The zero-order chi connectivity index (χ0) is 17.2. The summed E-state index contributed by atoms with van der Waals surface area (Å²) >= 11 is 3.50. The lowest BCUT2D eigenvalue weighted by molar-refractivity contribution is -0.109. The number of ketones is 1. The maximum atomic E-state index is 11.6. The van der Waals surface area contributed by atoms with E-state index < -0.39 is 0 Å². The number of hydrogen-bond acceptors (Lipinski definition) is 4. The van der Waals surface area contributed by atoms with Crippen molar-refractivity contribution in [1.82, 2.24) is 5.32 Å². The fourth-order valence-electron chi connectivity index (χ4n) is 2.21. The van der Waals surface area contributed by atoms with Crippen molar-refractivity contribution in [2.24, 2.45) is 0 Å². The Morgan fingerprint density at radius 2 is 2.17 bits per heavy atom. The van der Waals surface area contributed by atoms with E-state index in [-0.39, 0.29) is 18.4 Å². The summed E-state index contributed by atoms with van der Waals surface area (Å²) in [6, 6.07) is 5.90. The second-order valence-electron chi connectivity index (χ2n) is 5.30. The van der Waals surface area contributed by atoms with Crippen molar-refractivity contribution in [2.75, 3.05) is 20.8 Å². The van der Waals surface area contributed by atoms with Crippen LogP contribution >= 0.6 is 15.9 Å². The monoisotopic (exact) mass is 381 g/mol. The number of aldehydes is 1. The number of halogens is 1. The molecule has 1 aromatic rings. The van der Waals surface area contributed by atoms with Gasteiger partial charge in [-0.3, -0.25) is 4.79 Å². The van der Waals surface area contributed by atoms with Crippen LogP contribution in [0.3, 0.4) is 0 Å². The van der Waals surface area contributed by atoms with Crippen LogP contribution in [0.5, 0.6) is 0 Å². The summed E-state index contributed by atoms with van der Waals surface area (Å²) in [5.74, 6) is 0.0407. The van der Waals surface area contributed by atoms with E-state index in [0.717, 1.165) is 31.1 Å². The van der Waals surface area contributed by atoms with Gasteiger partial charge in [-0.25, -0.2) is 0 Å². The smallest absolute Gasteiger partial charge is 0.188 e. The first kappa shape index (κ1) is 19.7. The number of likely N-dealkylation sites (N-methyl/N-ethyl adjacent to an activating group) is 1. The summed E-state index contributed by atoms with van der Waals surface area (Å²) in [7, 11) is 3.32. The van der Waals surface area contributed by atoms with Gasteiger partial charge in [0.15, 0.2) is 5.78 Å². The molecule has 0 saturated carbocycles. The molecule has 0 bridgehead atoms. The topological polar surface area (TPSA) is 55.4 Å². The van der Waals surface area contributed by atoms with Crippen molar-refractivity contribution in [3.8, 4) is 0 Å². The van der Waals surface area contributed by atoms with Crippen molar-refractivity contribution in [3.63, 3.8) is 0 Å². The summed E-state index contributed by atoms with van der Waals surface area (Å²) in [6.07, 6.45) is 5.90. The first-order valence-corrected chi connectivity index (χ1v) is 8.48. The molecular weight excluding hydrogens is 358 g/mol. The van der Waals surface area contributed by atoms with Gasteiger partial charge in [0, 0.05) is 12.7 Å². The Kier molecular flexibility index (Phi) is 8.99. The Labute approximate surface area is 146 Å². The third kappa shape index (κ3) is 6.37. The van der Waals surface area contributed by atoms with E-state index in [9.17, 15) is 9.59 Å². The number of ether oxygens (including phenoxy) is 1. The molecule has 2 rings (SSSR count). The van der Waals surface area contributed by atoms with E-state index in [2.05, 4.69) is 27.3 Å². The summed E-state index contributed by atoms with van der Waals surface area (Å²) in [5, 5.41) is 2.83. The Balaban J connectivity index is 0.000000322. The maximum absolute atomic E-state index is 11.6. The molecule has 0 radical (unpaired) electrons. The van der Waals surface area contributed by atoms with E-state index in [0.29, 0.717) is 0 Å². The first-order chi connectivity index (χ1) is 11.0. The molecule has 0 aliphatic heterocycles. The van der Waals surface area contributed by atoms with Gasteiger partial charge in [0.2, 0.25) is 0 Å². The van der Waals surface area contributed by atoms with Crippen LogP contribution in [-0.2, 0) is 16.0 Å². The highest BCUT2D eigenvalue weighted by Gasteiger charge is 2.12. The Bertz CT molecular complexity index is 565. The number of benzene rings is 1. The molecule has 126 valence electrons. The van der Waals surface area contributed by atoms with Gasteiger partial charge in [-0.15, -0.1) is 0 Å². The number of nitrogens with one attached hydrogen (secondary N) is 1. The molecule has 0 amide bonds. The summed E-state index contributed by atoms with van der Waals surface area (Å²) in [5.41, 5.74) is 3.18. The summed E-state index contributed by atoms with van der Waals surface area (Å²) in [6.45, 7) is 2.12. The molecule has 5 heteroatoms. The van der Waals surface area contributed by atoms with Crippen molar-refractivity contribution in [1.29, 1.82) is 0 Å². The van der Waals surface area contributed by atoms with Crippen LogP contribution in [0.1, 0.15) is 41.3 Å². The van der Waals surface area contributed by atoms with Gasteiger partial charge in [-0.1, -0.05) is 35.0 Å². The fourth-order valence-corrected chi connectivity index (χ4v) is 2.66. The predicted molar refractivity (Wildman–Crippen MR) is 97.1 cm³/mol. The molecule has 1 aromatic carbocycles. The van der Waals surface area contributed by atoms with Crippen LogP contribution < -0.4 is 5.32 Å². The molecular formula is C18H24BrNO3. The summed E-state index contributed by atoms with van der Waals surface area (Å²) in [4.78, 5) is 21.5. The van der Waals surface area contributed by atoms with E-state index in [1.54, 1.807) is 7.05 Å². The van der Waals surface area contributed by atoms with Gasteiger partial charge >= 0.3 is 0 Å². The number of methoxy groups -OCH3 is 1. The standard InChI is InChI=1S/C13H13BrO2.C5H11NO/c1-16-8-13(15)11-3-2-10-7-12(14)5-4-9(10)6-11;1-3-5(4-7)6-2/h2-3,6-7H,4-5,8H2,1H3;4-6H,3H2,1-2H3/t;5-/m.0/s1. The number of allylic oxidation sites excluding steroid dienone is 1. The van der Waals surface area contributed by atoms with E-state index in [4.69, 9.17) is 4.74 Å². The van der Waals surface area contributed by atoms with Crippen molar-refractivity contribution >= 4 is 34.1 Å². The minimum Gasteiger partial charge on any atom is -0.377 e. The highest BCUT2D eigenvalue weighted by molar-refractivity contribution is 9.11. The van der Waals surface area contributed by atoms with Crippen LogP contribution in [0, 0.1) is 0 Å². The number of fused-ring (bicyclic) bond motifs is 1. The van der Waals surface area contributed by atoms with Gasteiger partial charge in [0.1, 0.15) is 12.9 Å². The van der Waals surface area contributed by atoms with Crippen molar-refractivity contribution in [3.05, 3.63) is 39.4 Å². The molecule has 0 heterocycles. The van der Waals surface area contributed by atoms with Gasteiger partial charge in [0.05, 0.1) is 6.04 Å². The minimum atomic E-state index is 0.0407. The van der Waals surface area contributed by atoms with E-state index in [1.165, 1.54) is 22.7 Å². The van der Waals surface area contributed by atoms with Crippen LogP contribution in [0.2, 0.25) is 0 Å². The minimum absolute atomic E-state index is 0.0407. The normalized spacial score (nSPS) is 14.0. The largest absolute Gasteiger partial charge is 0.377 e. The zero-order valence-electron chi connectivity index (χ0n) is 13.9. The lowest BCUT2D eigenvalue weighted by atomic mass is 9.94. The number of hydrogen-bond donors (Lipinski definition) is 1.